The maximum Gasteiger partial charge on any atom is 0.255 e. The summed E-state index contributed by atoms with van der Waals surface area (Å²) in [6.07, 6.45) is 17.7. The predicted molar refractivity (Wildman–Crippen MR) is 247 cm³/mol. The Kier molecular flexibility index (Phi) is 13.1. The number of ether oxygens (including phenoxy) is 1. The quantitative estimate of drug-likeness (QED) is 0.0719. The average Bonchev–Trinajstić information content (AvgIpc) is 4.11. The molecule has 2 aromatic carbocycles. The normalized spacial score (nSPS) is 22.1. The Morgan fingerprint density at radius 2 is 1.78 bits per heavy atom. The van der Waals surface area contributed by atoms with Crippen molar-refractivity contribution < 1.29 is 23.9 Å². The number of hydrogen-bond donors (Lipinski definition) is 3. The van der Waals surface area contributed by atoms with Crippen LogP contribution in [0.15, 0.2) is 48.8 Å². The van der Waals surface area contributed by atoms with Crippen molar-refractivity contribution in [3.63, 3.8) is 0 Å². The molecule has 4 amide bonds. The second kappa shape index (κ2) is 19.4. The van der Waals surface area contributed by atoms with Gasteiger partial charge in [-0.15, -0.1) is 5.10 Å². The van der Waals surface area contributed by atoms with Crippen LogP contribution in [0, 0.1) is 11.8 Å². The number of piperidine rings is 1. The number of nitrogens with one attached hydrogen (secondary N) is 3. The molecule has 65 heavy (non-hydrogen) atoms. The first kappa shape index (κ1) is 43.9. The van der Waals surface area contributed by atoms with Gasteiger partial charge in [0.25, 0.3) is 5.91 Å². The van der Waals surface area contributed by atoms with Gasteiger partial charge in [-0.3, -0.25) is 24.5 Å². The van der Waals surface area contributed by atoms with E-state index in [9.17, 15) is 19.2 Å². The van der Waals surface area contributed by atoms with Gasteiger partial charge in [0, 0.05) is 55.2 Å². The number of methoxy groups -OCH3 is 1. The van der Waals surface area contributed by atoms with Crippen molar-refractivity contribution in [2.75, 3.05) is 35.8 Å². The fourth-order valence-electron chi connectivity index (χ4n) is 10.3. The van der Waals surface area contributed by atoms with Gasteiger partial charge in [-0.2, -0.15) is 4.98 Å². The Morgan fingerprint density at radius 3 is 2.57 bits per heavy atom. The monoisotopic (exact) mass is 881 g/mol. The molecule has 2 atom stereocenters. The van der Waals surface area contributed by atoms with Crippen LogP contribution in [0.25, 0.3) is 11.3 Å². The molecule has 340 valence electrons. The molecule has 1 unspecified atom stereocenters. The second-order valence-electron chi connectivity index (χ2n) is 18.0. The van der Waals surface area contributed by atoms with Crippen LogP contribution in [0.1, 0.15) is 131 Å². The van der Waals surface area contributed by atoms with Gasteiger partial charge in [0.2, 0.25) is 23.7 Å². The Bertz CT molecular complexity index is 2500. The van der Waals surface area contributed by atoms with Crippen LogP contribution in [0.3, 0.4) is 0 Å². The molecule has 1 saturated heterocycles. The molecule has 2 saturated carbocycles. The standard InChI is InChI=1S/C49H59N11O5/c1-4-40-48(64)57(2)42-28-51-49(54-45(42)60(40)35-15-9-10-16-35)52-38-23-18-32(27-43(38)65-3)39-30-59(56-55-39)34-21-19-33(20-22-34)50-26-11-7-5-6-8-13-31-14-12-17-36-37(31)29-58(47(36)63)41-24-25-44(61)53-46(41)62/h12,14,17-18,23,27-28,30,33-35,40-41,50H,4-7,9-11,15-16,19-22,24-26,29H2,1-3H3,(H,51,52,54)(H,53,61,62)/t33-,34+,40-,41?/m1/s1. The number of fused-ring (bicyclic) bond motifs is 2. The van der Waals surface area contributed by atoms with Gasteiger partial charge in [-0.05, 0) is 101 Å². The first-order valence-corrected chi connectivity index (χ1v) is 23.5. The highest BCUT2D eigenvalue weighted by molar-refractivity contribution is 6.06. The summed E-state index contributed by atoms with van der Waals surface area (Å²) < 4.78 is 7.86. The van der Waals surface area contributed by atoms with Gasteiger partial charge in [-0.1, -0.05) is 55.4 Å². The Labute approximate surface area is 380 Å². The second-order valence-corrected chi connectivity index (χ2v) is 18.0. The van der Waals surface area contributed by atoms with E-state index in [1.54, 1.807) is 29.2 Å². The van der Waals surface area contributed by atoms with Crippen molar-refractivity contribution in [2.24, 2.45) is 0 Å². The number of imide groups is 1. The summed E-state index contributed by atoms with van der Waals surface area (Å²) in [5, 5.41) is 18.6. The van der Waals surface area contributed by atoms with Crippen molar-refractivity contribution in [2.45, 2.75) is 140 Å². The number of hydrogen-bond acceptors (Lipinski definition) is 12. The van der Waals surface area contributed by atoms with E-state index in [-0.39, 0.29) is 30.2 Å². The summed E-state index contributed by atoms with van der Waals surface area (Å²) in [4.78, 5) is 65.6. The van der Waals surface area contributed by atoms with Gasteiger partial charge in [0.05, 0.1) is 31.2 Å². The molecular formula is C49H59N11O5. The molecule has 4 aromatic rings. The Hall–Kier alpha value is -6.34. The number of benzene rings is 2. The highest BCUT2D eigenvalue weighted by atomic mass is 16.5. The van der Waals surface area contributed by atoms with Crippen LogP contribution in [-0.4, -0.2) is 98.4 Å². The average molecular weight is 882 g/mol. The fourth-order valence-corrected chi connectivity index (χ4v) is 10.3. The van der Waals surface area contributed by atoms with Gasteiger partial charge in [0.1, 0.15) is 29.2 Å². The number of nitrogens with zero attached hydrogens (tertiary/aromatic N) is 8. The zero-order valence-electron chi connectivity index (χ0n) is 37.6. The van der Waals surface area contributed by atoms with Crippen LogP contribution in [0.5, 0.6) is 5.75 Å². The van der Waals surface area contributed by atoms with Crippen molar-refractivity contribution >= 4 is 46.8 Å². The smallest absolute Gasteiger partial charge is 0.255 e. The number of amides is 4. The lowest BCUT2D eigenvalue weighted by atomic mass is 9.91. The number of rotatable bonds is 14. The Balaban J connectivity index is 0.723. The third-order valence-corrected chi connectivity index (χ3v) is 14.0. The summed E-state index contributed by atoms with van der Waals surface area (Å²) >= 11 is 0. The molecule has 0 spiro atoms. The maximum atomic E-state index is 13.3. The van der Waals surface area contributed by atoms with Gasteiger partial charge >= 0.3 is 0 Å². The van der Waals surface area contributed by atoms with Crippen molar-refractivity contribution in [1.82, 2.24) is 40.5 Å². The highest BCUT2D eigenvalue weighted by Gasteiger charge is 2.42. The van der Waals surface area contributed by atoms with E-state index in [2.05, 4.69) is 54.9 Å². The summed E-state index contributed by atoms with van der Waals surface area (Å²) in [7, 11) is 3.46. The van der Waals surface area contributed by atoms with Crippen LogP contribution in [0.4, 0.5) is 23.1 Å². The topological polar surface area (TPSA) is 180 Å². The lowest BCUT2D eigenvalue weighted by molar-refractivity contribution is -0.137. The van der Waals surface area contributed by atoms with E-state index in [0.717, 1.165) is 130 Å². The van der Waals surface area contributed by atoms with E-state index in [1.165, 1.54) is 0 Å². The maximum absolute atomic E-state index is 13.3. The number of anilines is 4. The van der Waals surface area contributed by atoms with Gasteiger partial charge in [-0.25, -0.2) is 9.67 Å². The highest BCUT2D eigenvalue weighted by Crippen LogP contribution is 2.41. The lowest BCUT2D eigenvalue weighted by Gasteiger charge is -2.43. The van der Waals surface area contributed by atoms with E-state index >= 15 is 0 Å². The summed E-state index contributed by atoms with van der Waals surface area (Å²) in [5.41, 5.74) is 5.44. The zero-order chi connectivity index (χ0) is 45.0. The zero-order valence-corrected chi connectivity index (χ0v) is 37.6. The minimum absolute atomic E-state index is 0.0912. The number of aromatic nitrogens is 5. The van der Waals surface area contributed by atoms with E-state index in [0.29, 0.717) is 48.4 Å². The molecule has 16 nitrogen and oxygen atoms in total. The van der Waals surface area contributed by atoms with Crippen molar-refractivity contribution in [3.8, 4) is 28.8 Å². The summed E-state index contributed by atoms with van der Waals surface area (Å²) in [5.74, 6) is 7.69. The molecule has 5 heterocycles. The van der Waals surface area contributed by atoms with Crippen LogP contribution in [-0.2, 0) is 20.9 Å². The van der Waals surface area contributed by atoms with Gasteiger partial charge < -0.3 is 30.1 Å². The molecule has 2 aliphatic carbocycles. The van der Waals surface area contributed by atoms with Crippen LogP contribution in [0.2, 0.25) is 0 Å². The first-order chi connectivity index (χ1) is 31.7. The van der Waals surface area contributed by atoms with Crippen LogP contribution >= 0.6 is 0 Å². The molecule has 0 radical (unpaired) electrons. The largest absolute Gasteiger partial charge is 0.495 e. The Morgan fingerprint density at radius 1 is 0.954 bits per heavy atom. The lowest BCUT2D eigenvalue weighted by Crippen LogP contribution is -2.55. The molecular weight excluding hydrogens is 823 g/mol. The third-order valence-electron chi connectivity index (χ3n) is 14.0. The molecule has 2 aromatic heterocycles. The number of likely N-dealkylation sites (N-methyl/N-ethyl adjacent to an activating group) is 1. The predicted octanol–water partition coefficient (Wildman–Crippen LogP) is 6.44. The van der Waals surface area contributed by atoms with E-state index in [1.807, 2.05) is 48.3 Å². The minimum Gasteiger partial charge on any atom is -0.495 e. The molecule has 16 heteroatoms. The minimum atomic E-state index is -0.629. The SMILES string of the molecule is CC[C@@H]1C(=O)N(C)c2cnc(Nc3ccc(-c4cn([C@H]5CC[C@@H](NCCCCCC#Cc6cccc7c6CN(C6CCC(=O)NC6=O)C7=O)CC5)nn4)cc3OC)nc2N1C1CCCC1. The molecule has 0 bridgehead atoms. The van der Waals surface area contributed by atoms with Crippen molar-refractivity contribution in [1.29, 1.82) is 0 Å². The van der Waals surface area contributed by atoms with Crippen molar-refractivity contribution in [3.05, 3.63) is 65.5 Å². The van der Waals surface area contributed by atoms with Gasteiger partial charge in [0.15, 0.2) is 5.82 Å². The fraction of sp³-hybridized carbons (Fsp3) is 0.510. The molecule has 9 rings (SSSR count). The summed E-state index contributed by atoms with van der Waals surface area (Å²) in [6, 6.07) is 11.7. The first-order valence-electron chi connectivity index (χ1n) is 23.5. The molecule has 3 aliphatic heterocycles. The van der Waals surface area contributed by atoms with Crippen LogP contribution < -0.4 is 30.5 Å². The third kappa shape index (κ3) is 9.16. The van der Waals surface area contributed by atoms with E-state index in [4.69, 9.17) is 9.72 Å². The summed E-state index contributed by atoms with van der Waals surface area (Å²) in [6.45, 7) is 3.37. The molecule has 3 N–H and O–H groups in total. The molecule has 3 fully saturated rings. The van der Waals surface area contributed by atoms with E-state index < -0.39 is 11.9 Å². The molecule has 5 aliphatic rings. The number of unbranched alkanes of at least 4 members (excludes halogenated alkanes) is 3. The number of carbonyl (C=O) groups excluding carboxylic acids is 4. The number of carbonyl (C=O) groups is 4.